The number of hydrogen-bond acceptors (Lipinski definition) is 3. The van der Waals surface area contributed by atoms with Crippen LogP contribution in [0, 0.1) is 0 Å². The lowest BCUT2D eigenvalue weighted by Crippen LogP contribution is -2.27. The Kier molecular flexibility index (Phi) is 3.52. The Hall–Kier alpha value is -2.12. The van der Waals surface area contributed by atoms with Crippen LogP contribution in [0.15, 0.2) is 47.8 Å². The number of aromatic nitrogens is 3. The summed E-state index contributed by atoms with van der Waals surface area (Å²) in [6.45, 7) is 0.343. The number of sulfonamides is 1. The lowest BCUT2D eigenvalue weighted by molar-refractivity contribution is 0.563. The summed E-state index contributed by atoms with van der Waals surface area (Å²) in [5, 5.41) is 5.16. The number of rotatable bonds is 5. The third-order valence-corrected chi connectivity index (χ3v) is 4.95. The van der Waals surface area contributed by atoms with Gasteiger partial charge in [0.15, 0.2) is 5.03 Å². The van der Waals surface area contributed by atoms with E-state index in [-0.39, 0.29) is 5.03 Å². The number of fused-ring (bicyclic) bond motifs is 1. The van der Waals surface area contributed by atoms with Gasteiger partial charge < -0.3 is 4.98 Å². The number of nitrogens with zero attached hydrogens (tertiary/aromatic N) is 2. The summed E-state index contributed by atoms with van der Waals surface area (Å²) in [6, 6.07) is 9.44. The molecule has 6 nitrogen and oxygen atoms in total. The molecule has 2 heterocycles. The molecule has 2 N–H and O–H groups in total. The summed E-state index contributed by atoms with van der Waals surface area (Å²) in [5.74, 6) is 0. The summed E-state index contributed by atoms with van der Waals surface area (Å²) >= 11 is 0. The fourth-order valence-electron chi connectivity index (χ4n) is 2.36. The van der Waals surface area contributed by atoms with Crippen LogP contribution < -0.4 is 4.72 Å². The molecule has 0 unspecified atom stereocenters. The van der Waals surface area contributed by atoms with E-state index in [1.165, 1.54) is 16.9 Å². The van der Waals surface area contributed by atoms with Gasteiger partial charge in [0.05, 0.1) is 6.20 Å². The largest absolute Gasteiger partial charge is 0.361 e. The predicted molar refractivity (Wildman–Crippen MR) is 80.4 cm³/mol. The Morgan fingerprint density at radius 1 is 1.29 bits per heavy atom. The number of hydrogen-bond donors (Lipinski definition) is 2. The first-order chi connectivity index (χ1) is 10.1. The molecule has 0 spiro atoms. The van der Waals surface area contributed by atoms with Crippen molar-refractivity contribution >= 4 is 20.9 Å². The molecule has 0 amide bonds. The second kappa shape index (κ2) is 5.34. The third-order valence-electron chi connectivity index (χ3n) is 3.41. The highest BCUT2D eigenvalue weighted by Gasteiger charge is 2.17. The van der Waals surface area contributed by atoms with E-state index >= 15 is 0 Å². The number of aromatic amines is 1. The van der Waals surface area contributed by atoms with Crippen LogP contribution in [0.25, 0.3) is 10.9 Å². The topological polar surface area (TPSA) is 79.8 Å². The van der Waals surface area contributed by atoms with Gasteiger partial charge in [0.1, 0.15) is 0 Å². The zero-order valence-electron chi connectivity index (χ0n) is 11.6. The maximum Gasteiger partial charge on any atom is 0.257 e. The summed E-state index contributed by atoms with van der Waals surface area (Å²) in [5.41, 5.74) is 2.15. The highest BCUT2D eigenvalue weighted by Crippen LogP contribution is 2.17. The van der Waals surface area contributed by atoms with Crippen molar-refractivity contribution in [3.05, 3.63) is 48.3 Å². The standard InChI is InChI=1S/C14H16N4O2S/c1-18-14(7-8-16-18)21(19,20)17-9-6-11-10-15-13-5-3-2-4-12(11)13/h2-5,7-8,10,15,17H,6,9H2,1H3. The maximum atomic E-state index is 12.1. The average molecular weight is 304 g/mol. The van der Waals surface area contributed by atoms with E-state index in [4.69, 9.17) is 0 Å². The van der Waals surface area contributed by atoms with Crippen LogP contribution in [0.2, 0.25) is 0 Å². The predicted octanol–water partition coefficient (Wildman–Crippen LogP) is 1.42. The quantitative estimate of drug-likeness (QED) is 0.748. The monoisotopic (exact) mass is 304 g/mol. The normalized spacial score (nSPS) is 12.0. The van der Waals surface area contributed by atoms with Gasteiger partial charge in [-0.1, -0.05) is 18.2 Å². The van der Waals surface area contributed by atoms with Crippen LogP contribution in [0.3, 0.4) is 0 Å². The van der Waals surface area contributed by atoms with Gasteiger partial charge >= 0.3 is 0 Å². The van der Waals surface area contributed by atoms with Crippen LogP contribution in [-0.4, -0.2) is 29.7 Å². The molecule has 7 heteroatoms. The van der Waals surface area contributed by atoms with Crippen molar-refractivity contribution in [2.45, 2.75) is 11.4 Å². The van der Waals surface area contributed by atoms with Crippen molar-refractivity contribution in [1.82, 2.24) is 19.5 Å². The lowest BCUT2D eigenvalue weighted by atomic mass is 10.1. The molecule has 3 rings (SSSR count). The zero-order valence-corrected chi connectivity index (χ0v) is 12.4. The highest BCUT2D eigenvalue weighted by atomic mass is 32.2. The SMILES string of the molecule is Cn1nccc1S(=O)(=O)NCCc1c[nH]c2ccccc12. The maximum absolute atomic E-state index is 12.1. The summed E-state index contributed by atoms with van der Waals surface area (Å²) in [6.07, 6.45) is 4.01. The van der Waals surface area contributed by atoms with Crippen molar-refractivity contribution in [2.24, 2.45) is 7.05 Å². The second-order valence-electron chi connectivity index (χ2n) is 4.80. The third kappa shape index (κ3) is 2.70. The molecule has 0 aliphatic carbocycles. The molecular weight excluding hydrogens is 288 g/mol. The minimum atomic E-state index is -3.51. The first-order valence-corrected chi connectivity index (χ1v) is 8.09. The molecular formula is C14H16N4O2S. The first kappa shape index (κ1) is 13.8. The van der Waals surface area contributed by atoms with Crippen LogP contribution in [-0.2, 0) is 23.5 Å². The fraction of sp³-hybridized carbons (Fsp3) is 0.214. The molecule has 0 radical (unpaired) electrons. The minimum absolute atomic E-state index is 0.168. The zero-order chi connectivity index (χ0) is 14.9. The van der Waals surface area contributed by atoms with Crippen molar-refractivity contribution in [2.75, 3.05) is 6.54 Å². The molecule has 0 aliphatic heterocycles. The molecule has 0 bridgehead atoms. The van der Waals surface area contributed by atoms with E-state index in [0.717, 1.165) is 16.5 Å². The van der Waals surface area contributed by atoms with Gasteiger partial charge in [0.25, 0.3) is 10.0 Å². The first-order valence-electron chi connectivity index (χ1n) is 6.60. The van der Waals surface area contributed by atoms with Gasteiger partial charge in [-0.2, -0.15) is 5.10 Å². The molecule has 0 aliphatic rings. The Morgan fingerprint density at radius 2 is 2.10 bits per heavy atom. The van der Waals surface area contributed by atoms with Crippen LogP contribution in [0.1, 0.15) is 5.56 Å². The van der Waals surface area contributed by atoms with E-state index < -0.39 is 10.0 Å². The van der Waals surface area contributed by atoms with E-state index in [1.54, 1.807) is 7.05 Å². The Morgan fingerprint density at radius 3 is 2.86 bits per heavy atom. The molecule has 0 saturated heterocycles. The molecule has 1 aromatic carbocycles. The van der Waals surface area contributed by atoms with Gasteiger partial charge in [-0.3, -0.25) is 4.68 Å². The number of H-pyrrole nitrogens is 1. The Balaban J connectivity index is 1.70. The van der Waals surface area contributed by atoms with Crippen LogP contribution >= 0.6 is 0 Å². The number of para-hydroxylation sites is 1. The highest BCUT2D eigenvalue weighted by molar-refractivity contribution is 7.89. The summed E-state index contributed by atoms with van der Waals surface area (Å²) in [7, 11) is -1.91. The molecule has 0 atom stereocenters. The van der Waals surface area contributed by atoms with Crippen molar-refractivity contribution in [3.63, 3.8) is 0 Å². The van der Waals surface area contributed by atoms with E-state index in [0.29, 0.717) is 13.0 Å². The Bertz CT molecular complexity index is 864. The lowest BCUT2D eigenvalue weighted by Gasteiger charge is -2.06. The average Bonchev–Trinajstić information content (AvgIpc) is 3.06. The molecule has 0 saturated carbocycles. The number of benzene rings is 1. The minimum Gasteiger partial charge on any atom is -0.361 e. The van der Waals surface area contributed by atoms with E-state index in [9.17, 15) is 8.42 Å². The molecule has 21 heavy (non-hydrogen) atoms. The van der Waals surface area contributed by atoms with Gasteiger partial charge in [-0.05, 0) is 24.1 Å². The van der Waals surface area contributed by atoms with Crippen molar-refractivity contribution < 1.29 is 8.42 Å². The molecule has 3 aromatic rings. The van der Waals surface area contributed by atoms with E-state index in [2.05, 4.69) is 14.8 Å². The van der Waals surface area contributed by atoms with Gasteiger partial charge in [-0.25, -0.2) is 13.1 Å². The number of aryl methyl sites for hydroxylation is 1. The van der Waals surface area contributed by atoms with Crippen molar-refractivity contribution in [3.8, 4) is 0 Å². The van der Waals surface area contributed by atoms with Crippen LogP contribution in [0.5, 0.6) is 0 Å². The van der Waals surface area contributed by atoms with Crippen molar-refractivity contribution in [1.29, 1.82) is 0 Å². The number of nitrogens with one attached hydrogen (secondary N) is 2. The fourth-order valence-corrected chi connectivity index (χ4v) is 3.51. The van der Waals surface area contributed by atoms with Gasteiger partial charge in [0, 0.05) is 30.7 Å². The second-order valence-corrected chi connectivity index (χ2v) is 6.51. The molecule has 110 valence electrons. The summed E-state index contributed by atoms with van der Waals surface area (Å²) in [4.78, 5) is 3.18. The smallest absolute Gasteiger partial charge is 0.257 e. The van der Waals surface area contributed by atoms with Crippen LogP contribution in [0.4, 0.5) is 0 Å². The van der Waals surface area contributed by atoms with Gasteiger partial charge in [0.2, 0.25) is 0 Å². The van der Waals surface area contributed by atoms with E-state index in [1.807, 2.05) is 30.5 Å². The Labute approximate surface area is 122 Å². The van der Waals surface area contributed by atoms with Gasteiger partial charge in [-0.15, -0.1) is 0 Å². The molecule has 2 aromatic heterocycles. The summed E-state index contributed by atoms with van der Waals surface area (Å²) < 4.78 is 28.2. The molecule has 0 fully saturated rings.